The molecule has 0 aliphatic heterocycles. The van der Waals surface area contributed by atoms with Crippen molar-refractivity contribution in [3.05, 3.63) is 35.6 Å². The summed E-state index contributed by atoms with van der Waals surface area (Å²) in [7, 11) is 0. The first-order valence-corrected chi connectivity index (χ1v) is 4.58. The van der Waals surface area contributed by atoms with Gasteiger partial charge in [0.1, 0.15) is 5.58 Å². The van der Waals surface area contributed by atoms with Crippen molar-refractivity contribution in [2.45, 2.75) is 12.8 Å². The fourth-order valence-corrected chi connectivity index (χ4v) is 1.64. The summed E-state index contributed by atoms with van der Waals surface area (Å²) in [6.45, 7) is 0. The van der Waals surface area contributed by atoms with Crippen LogP contribution in [0.15, 0.2) is 28.9 Å². The minimum absolute atomic E-state index is 0.330. The summed E-state index contributed by atoms with van der Waals surface area (Å²) in [5, 5.41) is 18.2. The van der Waals surface area contributed by atoms with Crippen LogP contribution in [0.3, 0.4) is 0 Å². The van der Waals surface area contributed by atoms with Gasteiger partial charge in [-0.1, -0.05) is 12.1 Å². The first kappa shape index (κ1) is 9.30. The Bertz CT molecular complexity index is 519. The second-order valence-corrected chi connectivity index (χ2v) is 3.22. The van der Waals surface area contributed by atoms with Crippen LogP contribution in [-0.2, 0) is 12.8 Å². The van der Waals surface area contributed by atoms with E-state index in [4.69, 9.17) is 14.9 Å². The molecule has 0 fully saturated rings. The van der Waals surface area contributed by atoms with Crippen LogP contribution < -0.4 is 0 Å². The van der Waals surface area contributed by atoms with E-state index < -0.39 is 0 Å². The zero-order valence-electron chi connectivity index (χ0n) is 8.03. The molecule has 2 aromatic rings. The van der Waals surface area contributed by atoms with E-state index in [9.17, 15) is 0 Å². The summed E-state index contributed by atoms with van der Waals surface area (Å²) in [6.07, 6.45) is 2.28. The zero-order chi connectivity index (χ0) is 10.7. The van der Waals surface area contributed by atoms with Crippen LogP contribution >= 0.6 is 0 Å². The van der Waals surface area contributed by atoms with Crippen molar-refractivity contribution in [2.75, 3.05) is 0 Å². The van der Waals surface area contributed by atoms with Gasteiger partial charge < -0.3 is 4.42 Å². The maximum Gasteiger partial charge on any atom is 0.138 e. The predicted molar refractivity (Wildman–Crippen MR) is 54.8 cm³/mol. The number of nitriles is 2. The van der Waals surface area contributed by atoms with Crippen LogP contribution in [0.5, 0.6) is 0 Å². The average molecular weight is 196 g/mol. The molecule has 3 nitrogen and oxygen atoms in total. The van der Waals surface area contributed by atoms with Gasteiger partial charge in [-0.3, -0.25) is 0 Å². The molecule has 15 heavy (non-hydrogen) atoms. The van der Waals surface area contributed by atoms with E-state index in [1.807, 2.05) is 18.2 Å². The third-order valence-corrected chi connectivity index (χ3v) is 2.33. The summed E-state index contributed by atoms with van der Waals surface area (Å²) < 4.78 is 5.33. The third-order valence-electron chi connectivity index (χ3n) is 2.33. The molecule has 0 N–H and O–H groups in total. The predicted octanol–water partition coefficient (Wildman–Crippen LogP) is 2.56. The normalized spacial score (nSPS) is 9.73. The van der Waals surface area contributed by atoms with Gasteiger partial charge in [-0.25, -0.2) is 0 Å². The molecule has 0 unspecified atom stereocenters. The van der Waals surface area contributed by atoms with Crippen molar-refractivity contribution in [2.24, 2.45) is 0 Å². The van der Waals surface area contributed by atoms with Gasteiger partial charge in [-0.2, -0.15) is 10.5 Å². The van der Waals surface area contributed by atoms with Gasteiger partial charge in [-0.15, -0.1) is 0 Å². The van der Waals surface area contributed by atoms with E-state index >= 15 is 0 Å². The maximum atomic E-state index is 8.66. The van der Waals surface area contributed by atoms with Gasteiger partial charge >= 0.3 is 0 Å². The maximum absolute atomic E-state index is 8.66. The number of furan rings is 1. The number of hydrogen-bond acceptors (Lipinski definition) is 3. The molecular weight excluding hydrogens is 188 g/mol. The van der Waals surface area contributed by atoms with Gasteiger partial charge in [-0.05, 0) is 11.6 Å². The van der Waals surface area contributed by atoms with E-state index in [1.165, 1.54) is 0 Å². The monoisotopic (exact) mass is 196 g/mol. The summed E-state index contributed by atoms with van der Waals surface area (Å²) in [6, 6.07) is 9.77. The molecule has 2 rings (SSSR count). The lowest BCUT2D eigenvalue weighted by molar-refractivity contribution is 0.612. The highest BCUT2D eigenvalue weighted by molar-refractivity contribution is 5.84. The number of rotatable bonds is 2. The molecule has 0 aliphatic rings. The van der Waals surface area contributed by atoms with Crippen LogP contribution in [-0.4, -0.2) is 0 Å². The highest BCUT2D eigenvalue weighted by Crippen LogP contribution is 2.24. The fourth-order valence-electron chi connectivity index (χ4n) is 1.64. The second-order valence-electron chi connectivity index (χ2n) is 3.22. The van der Waals surface area contributed by atoms with Crippen LogP contribution in [0.1, 0.15) is 11.1 Å². The van der Waals surface area contributed by atoms with Gasteiger partial charge in [0.15, 0.2) is 0 Å². The number of nitrogens with zero attached hydrogens (tertiary/aromatic N) is 2. The summed E-state index contributed by atoms with van der Waals surface area (Å²) >= 11 is 0. The van der Waals surface area contributed by atoms with Gasteiger partial charge in [0, 0.05) is 10.9 Å². The van der Waals surface area contributed by atoms with Crippen LogP contribution in [0.4, 0.5) is 0 Å². The molecule has 0 atom stereocenters. The Hall–Kier alpha value is -2.26. The lowest BCUT2D eigenvalue weighted by Crippen LogP contribution is -1.87. The smallest absolute Gasteiger partial charge is 0.138 e. The van der Waals surface area contributed by atoms with Crippen molar-refractivity contribution in [1.29, 1.82) is 10.5 Å². The van der Waals surface area contributed by atoms with E-state index in [0.717, 1.165) is 22.1 Å². The number of hydrogen-bond donors (Lipinski definition) is 0. The van der Waals surface area contributed by atoms with Crippen molar-refractivity contribution < 1.29 is 4.42 Å². The largest absolute Gasteiger partial charge is 0.464 e. The SMILES string of the molecule is N#CCc1ccc(CC#N)c2occc12. The van der Waals surface area contributed by atoms with Crippen LogP contribution in [0, 0.1) is 22.7 Å². The summed E-state index contributed by atoms with van der Waals surface area (Å²) in [5.74, 6) is 0. The molecular formula is C12H8N2O. The number of fused-ring (bicyclic) bond motifs is 1. The third kappa shape index (κ3) is 1.56. The van der Waals surface area contributed by atoms with E-state index in [0.29, 0.717) is 12.8 Å². The van der Waals surface area contributed by atoms with Gasteiger partial charge in [0.2, 0.25) is 0 Å². The molecule has 1 aromatic carbocycles. The molecule has 0 aliphatic carbocycles. The van der Waals surface area contributed by atoms with Crippen LogP contribution in [0.25, 0.3) is 11.0 Å². The van der Waals surface area contributed by atoms with E-state index in [-0.39, 0.29) is 0 Å². The molecule has 0 saturated carbocycles. The molecule has 0 spiro atoms. The lowest BCUT2D eigenvalue weighted by atomic mass is 10.0. The summed E-state index contributed by atoms with van der Waals surface area (Å²) in [5.41, 5.74) is 2.55. The average Bonchev–Trinajstić information content (AvgIpc) is 2.71. The highest BCUT2D eigenvalue weighted by atomic mass is 16.3. The molecule has 0 radical (unpaired) electrons. The van der Waals surface area contributed by atoms with Crippen molar-refractivity contribution in [3.63, 3.8) is 0 Å². The molecule has 1 aromatic heterocycles. The molecule has 0 bridgehead atoms. The van der Waals surface area contributed by atoms with Crippen molar-refractivity contribution in [1.82, 2.24) is 0 Å². The Morgan fingerprint density at radius 3 is 2.40 bits per heavy atom. The quantitative estimate of drug-likeness (QED) is 0.741. The summed E-state index contributed by atoms with van der Waals surface area (Å²) in [4.78, 5) is 0. The van der Waals surface area contributed by atoms with Gasteiger partial charge in [0.25, 0.3) is 0 Å². The standard InChI is InChI=1S/C12H8N2O/c13-6-3-9-1-2-10(4-7-14)12-11(9)5-8-15-12/h1-2,5,8H,3-4H2. The lowest BCUT2D eigenvalue weighted by Gasteiger charge is -2.00. The Balaban J connectivity index is 2.62. The second kappa shape index (κ2) is 3.86. The molecule has 0 amide bonds. The topological polar surface area (TPSA) is 60.7 Å². The van der Waals surface area contributed by atoms with Crippen molar-refractivity contribution >= 4 is 11.0 Å². The first-order chi connectivity index (χ1) is 7.36. The Morgan fingerprint density at radius 2 is 1.67 bits per heavy atom. The first-order valence-electron chi connectivity index (χ1n) is 4.58. The molecule has 0 saturated heterocycles. The van der Waals surface area contributed by atoms with Crippen molar-refractivity contribution in [3.8, 4) is 12.1 Å². The Morgan fingerprint density at radius 1 is 1.00 bits per heavy atom. The molecule has 72 valence electrons. The molecule has 3 heteroatoms. The van der Waals surface area contributed by atoms with E-state index in [1.54, 1.807) is 6.26 Å². The minimum atomic E-state index is 0.330. The number of benzene rings is 1. The molecule has 1 heterocycles. The zero-order valence-corrected chi connectivity index (χ0v) is 8.03. The Kier molecular flexibility index (Phi) is 2.39. The fraction of sp³-hybridized carbons (Fsp3) is 0.167. The Labute approximate surface area is 87.2 Å². The highest BCUT2D eigenvalue weighted by Gasteiger charge is 2.08. The minimum Gasteiger partial charge on any atom is -0.464 e. The van der Waals surface area contributed by atoms with E-state index in [2.05, 4.69) is 12.1 Å². The van der Waals surface area contributed by atoms with Gasteiger partial charge in [0.05, 0.1) is 31.2 Å². The van der Waals surface area contributed by atoms with Crippen LogP contribution in [0.2, 0.25) is 0 Å².